The second-order valence-electron chi connectivity index (χ2n) is 4.73. The first-order valence-corrected chi connectivity index (χ1v) is 8.01. The molecule has 0 aromatic carbocycles. The molecule has 0 unspecified atom stereocenters. The normalized spacial score (nSPS) is 24.5. The Morgan fingerprint density at radius 2 is 2.18 bits per heavy atom. The Bertz CT molecular complexity index is 344. The molecule has 0 bridgehead atoms. The average molecular weight is 316 g/mol. The van der Waals surface area contributed by atoms with E-state index in [-0.39, 0.29) is 5.91 Å². The van der Waals surface area contributed by atoms with Crippen molar-refractivity contribution in [3.8, 4) is 0 Å². The third-order valence-electron chi connectivity index (χ3n) is 3.31. The summed E-state index contributed by atoms with van der Waals surface area (Å²) in [4.78, 5) is 12.4. The fourth-order valence-electron chi connectivity index (χ4n) is 2.23. The third kappa shape index (κ3) is 4.43. The van der Waals surface area contributed by atoms with Gasteiger partial charge in [-0.05, 0) is 54.0 Å². The van der Waals surface area contributed by atoms with Crippen molar-refractivity contribution in [1.29, 1.82) is 0 Å². The van der Waals surface area contributed by atoms with Gasteiger partial charge in [0.15, 0.2) is 0 Å². The summed E-state index contributed by atoms with van der Waals surface area (Å²) >= 11 is 5.29. The lowest BCUT2D eigenvalue weighted by molar-refractivity contribution is -0.120. The van der Waals surface area contributed by atoms with Crippen LogP contribution in [-0.4, -0.2) is 17.3 Å². The highest BCUT2D eigenvalue weighted by molar-refractivity contribution is 9.09. The highest BCUT2D eigenvalue weighted by Crippen LogP contribution is 2.28. The maximum Gasteiger partial charge on any atom is 0.224 e. The number of carbonyl (C=O) groups is 1. The van der Waals surface area contributed by atoms with Crippen LogP contribution in [0.15, 0.2) is 16.8 Å². The molecule has 17 heavy (non-hydrogen) atoms. The van der Waals surface area contributed by atoms with Gasteiger partial charge in [0.1, 0.15) is 0 Å². The van der Waals surface area contributed by atoms with Crippen molar-refractivity contribution in [2.24, 2.45) is 5.92 Å². The Hall–Kier alpha value is -0.350. The van der Waals surface area contributed by atoms with Gasteiger partial charge in [0.2, 0.25) is 5.91 Å². The summed E-state index contributed by atoms with van der Waals surface area (Å²) in [5.74, 6) is 0.833. The monoisotopic (exact) mass is 315 g/mol. The van der Waals surface area contributed by atoms with Crippen LogP contribution in [0.25, 0.3) is 0 Å². The minimum Gasteiger partial charge on any atom is -0.356 e. The van der Waals surface area contributed by atoms with E-state index in [1.54, 1.807) is 11.3 Å². The zero-order valence-corrected chi connectivity index (χ0v) is 12.2. The van der Waals surface area contributed by atoms with Gasteiger partial charge in [-0.2, -0.15) is 11.3 Å². The summed E-state index contributed by atoms with van der Waals surface area (Å²) in [6.07, 6.45) is 5.47. The van der Waals surface area contributed by atoms with E-state index in [4.69, 9.17) is 0 Å². The molecule has 1 aliphatic rings. The number of halogens is 1. The highest BCUT2D eigenvalue weighted by Gasteiger charge is 2.19. The molecule has 1 N–H and O–H groups in total. The van der Waals surface area contributed by atoms with E-state index < -0.39 is 0 Å². The molecule has 2 nitrogen and oxygen atoms in total. The van der Waals surface area contributed by atoms with E-state index >= 15 is 0 Å². The van der Waals surface area contributed by atoms with Crippen LogP contribution in [0.3, 0.4) is 0 Å². The summed E-state index contributed by atoms with van der Waals surface area (Å²) in [7, 11) is 0. The second kappa shape index (κ2) is 6.55. The van der Waals surface area contributed by atoms with Crippen LogP contribution in [0.2, 0.25) is 0 Å². The van der Waals surface area contributed by atoms with E-state index in [1.807, 2.05) is 16.8 Å². The van der Waals surface area contributed by atoms with Crippen LogP contribution in [0, 0.1) is 5.92 Å². The molecule has 0 saturated heterocycles. The number of rotatable bonds is 4. The topological polar surface area (TPSA) is 29.1 Å². The standard InChI is InChI=1S/C13H18BrNOS/c14-12-3-1-10(2-4-12)8-15-13(16)7-11-5-6-17-9-11/h5-6,9-10,12H,1-4,7-8H2,(H,15,16). The first kappa shape index (κ1) is 13.1. The molecular weight excluding hydrogens is 298 g/mol. The quantitative estimate of drug-likeness (QED) is 0.848. The summed E-state index contributed by atoms with van der Waals surface area (Å²) in [5.41, 5.74) is 1.12. The average Bonchev–Trinajstić information content (AvgIpc) is 2.81. The van der Waals surface area contributed by atoms with Gasteiger partial charge in [0.25, 0.3) is 0 Å². The smallest absolute Gasteiger partial charge is 0.224 e. The zero-order chi connectivity index (χ0) is 12.1. The van der Waals surface area contributed by atoms with Gasteiger partial charge in [0, 0.05) is 11.4 Å². The molecule has 4 heteroatoms. The van der Waals surface area contributed by atoms with Crippen molar-refractivity contribution in [3.63, 3.8) is 0 Å². The van der Waals surface area contributed by atoms with Gasteiger partial charge in [-0.3, -0.25) is 4.79 Å². The Morgan fingerprint density at radius 3 is 2.82 bits per heavy atom. The molecule has 0 atom stereocenters. The molecule has 2 rings (SSSR count). The van der Waals surface area contributed by atoms with E-state index in [9.17, 15) is 4.79 Å². The van der Waals surface area contributed by atoms with Crippen LogP contribution >= 0.6 is 27.3 Å². The fourth-order valence-corrected chi connectivity index (χ4v) is 3.42. The van der Waals surface area contributed by atoms with Crippen LogP contribution in [0.4, 0.5) is 0 Å². The molecule has 0 radical (unpaired) electrons. The summed E-state index contributed by atoms with van der Waals surface area (Å²) < 4.78 is 0. The van der Waals surface area contributed by atoms with Crippen molar-refractivity contribution >= 4 is 33.2 Å². The van der Waals surface area contributed by atoms with Crippen molar-refractivity contribution in [3.05, 3.63) is 22.4 Å². The third-order valence-corrected chi connectivity index (χ3v) is 4.96. The van der Waals surface area contributed by atoms with Crippen LogP contribution < -0.4 is 5.32 Å². The SMILES string of the molecule is O=C(Cc1ccsc1)NCC1CCC(Br)CC1. The number of carbonyl (C=O) groups excluding carboxylic acids is 1. The summed E-state index contributed by atoms with van der Waals surface area (Å²) in [6.45, 7) is 0.850. The number of hydrogen-bond acceptors (Lipinski definition) is 2. The lowest BCUT2D eigenvalue weighted by Crippen LogP contribution is -2.32. The Labute approximate surface area is 115 Å². The lowest BCUT2D eigenvalue weighted by atomic mass is 9.89. The van der Waals surface area contributed by atoms with Gasteiger partial charge >= 0.3 is 0 Å². The van der Waals surface area contributed by atoms with Crippen molar-refractivity contribution < 1.29 is 4.79 Å². The minimum absolute atomic E-state index is 0.157. The predicted octanol–water partition coefficient (Wildman–Crippen LogP) is 3.36. The molecule has 0 aliphatic heterocycles. The van der Waals surface area contributed by atoms with Crippen molar-refractivity contribution in [2.75, 3.05) is 6.54 Å². The molecule has 1 aromatic heterocycles. The molecule has 1 saturated carbocycles. The number of thiophene rings is 1. The minimum atomic E-state index is 0.157. The van der Waals surface area contributed by atoms with Crippen molar-refractivity contribution in [1.82, 2.24) is 5.32 Å². The largest absolute Gasteiger partial charge is 0.356 e. The maximum absolute atomic E-state index is 11.7. The highest BCUT2D eigenvalue weighted by atomic mass is 79.9. The van der Waals surface area contributed by atoms with Gasteiger partial charge in [0.05, 0.1) is 6.42 Å². The Morgan fingerprint density at radius 1 is 1.41 bits per heavy atom. The second-order valence-corrected chi connectivity index (χ2v) is 6.81. The van der Waals surface area contributed by atoms with E-state index in [1.165, 1.54) is 25.7 Å². The van der Waals surface area contributed by atoms with Gasteiger partial charge in [-0.15, -0.1) is 0 Å². The van der Waals surface area contributed by atoms with Crippen LogP contribution in [0.1, 0.15) is 31.2 Å². The zero-order valence-electron chi connectivity index (χ0n) is 9.82. The van der Waals surface area contributed by atoms with E-state index in [2.05, 4.69) is 21.2 Å². The molecule has 94 valence electrons. The van der Waals surface area contributed by atoms with Crippen LogP contribution in [0.5, 0.6) is 0 Å². The Balaban J connectivity index is 1.66. The molecule has 1 heterocycles. The first-order chi connectivity index (χ1) is 8.24. The molecule has 1 fully saturated rings. The molecule has 1 aliphatic carbocycles. The van der Waals surface area contributed by atoms with Gasteiger partial charge in [-0.25, -0.2) is 0 Å². The van der Waals surface area contributed by atoms with Crippen LogP contribution in [-0.2, 0) is 11.2 Å². The molecular formula is C13H18BrNOS. The summed E-state index contributed by atoms with van der Waals surface area (Å²) in [6, 6.07) is 2.01. The number of nitrogens with one attached hydrogen (secondary N) is 1. The first-order valence-electron chi connectivity index (χ1n) is 6.16. The lowest BCUT2D eigenvalue weighted by Gasteiger charge is -2.25. The summed E-state index contributed by atoms with van der Waals surface area (Å²) in [5, 5.41) is 7.11. The molecule has 1 aromatic rings. The molecule has 1 amide bonds. The van der Waals surface area contributed by atoms with E-state index in [0.717, 1.165) is 12.1 Å². The number of hydrogen-bond donors (Lipinski definition) is 1. The molecule has 0 spiro atoms. The van der Waals surface area contributed by atoms with E-state index in [0.29, 0.717) is 17.2 Å². The van der Waals surface area contributed by atoms with Gasteiger partial charge in [-0.1, -0.05) is 15.9 Å². The maximum atomic E-state index is 11.7. The number of alkyl halides is 1. The van der Waals surface area contributed by atoms with Crippen molar-refractivity contribution in [2.45, 2.75) is 36.9 Å². The fraction of sp³-hybridized carbons (Fsp3) is 0.615. The Kier molecular flexibility index (Phi) is 5.04. The van der Waals surface area contributed by atoms with Gasteiger partial charge < -0.3 is 5.32 Å². The predicted molar refractivity (Wildman–Crippen MR) is 75.7 cm³/mol. The number of amides is 1.